The van der Waals surface area contributed by atoms with Crippen molar-refractivity contribution >= 4 is 45.8 Å². The molecular weight excluding hydrogens is 435 g/mol. The maximum atomic E-state index is 14.0. The number of H-pyrrole nitrogens is 1. The van der Waals surface area contributed by atoms with E-state index < -0.39 is 5.97 Å². The fourth-order valence-electron chi connectivity index (χ4n) is 3.93. The Balaban J connectivity index is 1.37. The molecule has 0 atom stereocenters. The third-order valence-electron chi connectivity index (χ3n) is 5.64. The van der Waals surface area contributed by atoms with Gasteiger partial charge in [-0.25, -0.2) is 9.18 Å². The lowest BCUT2D eigenvalue weighted by atomic mass is 10.2. The van der Waals surface area contributed by atoms with Gasteiger partial charge in [0, 0.05) is 55.1 Å². The van der Waals surface area contributed by atoms with Crippen LogP contribution in [-0.2, 0) is 9.53 Å². The number of fused-ring (bicyclic) bond motifs is 1. The van der Waals surface area contributed by atoms with Crippen LogP contribution in [0.25, 0.3) is 10.9 Å². The van der Waals surface area contributed by atoms with Crippen LogP contribution >= 0.6 is 11.6 Å². The highest BCUT2D eigenvalue weighted by Crippen LogP contribution is 2.31. The number of benzene rings is 2. The summed E-state index contributed by atoms with van der Waals surface area (Å²) in [5, 5.41) is 3.98. The summed E-state index contributed by atoms with van der Waals surface area (Å²) in [4.78, 5) is 32.0. The normalized spacial score (nSPS) is 14.5. The Hall–Kier alpha value is -3.10. The van der Waals surface area contributed by atoms with E-state index in [-0.39, 0.29) is 23.8 Å². The number of rotatable bonds is 6. The second-order valence-corrected chi connectivity index (χ2v) is 8.07. The Morgan fingerprint density at radius 3 is 2.62 bits per heavy atom. The molecule has 2 heterocycles. The van der Waals surface area contributed by atoms with Gasteiger partial charge in [-0.2, -0.15) is 0 Å². The van der Waals surface area contributed by atoms with Gasteiger partial charge in [-0.3, -0.25) is 9.69 Å². The number of aromatic nitrogens is 1. The minimum absolute atomic E-state index is 0.177. The molecule has 3 aromatic rings. The first kappa shape index (κ1) is 22.1. The highest BCUT2D eigenvalue weighted by Gasteiger charge is 2.22. The zero-order valence-corrected chi connectivity index (χ0v) is 18.4. The molecule has 1 aromatic heterocycles. The number of carbonyl (C=O) groups excluding carboxylic acids is 2. The molecule has 1 aliphatic heterocycles. The predicted molar refractivity (Wildman–Crippen MR) is 123 cm³/mol. The molecule has 1 saturated heterocycles. The fourth-order valence-corrected chi connectivity index (χ4v) is 4.10. The summed E-state index contributed by atoms with van der Waals surface area (Å²) in [7, 11) is 1.29. The Morgan fingerprint density at radius 2 is 1.91 bits per heavy atom. The number of nitrogens with one attached hydrogen (secondary N) is 2. The number of halogens is 2. The summed E-state index contributed by atoms with van der Waals surface area (Å²) >= 11 is 6.10. The highest BCUT2D eigenvalue weighted by atomic mass is 35.5. The van der Waals surface area contributed by atoms with E-state index in [0.29, 0.717) is 46.9 Å². The number of hydrogen-bond acceptors (Lipinski definition) is 5. The number of anilines is 2. The molecule has 2 aromatic carbocycles. The first-order chi connectivity index (χ1) is 15.5. The zero-order chi connectivity index (χ0) is 22.7. The van der Waals surface area contributed by atoms with E-state index in [1.165, 1.54) is 13.2 Å². The Labute approximate surface area is 190 Å². The number of para-hydroxylation sites is 1. The number of hydrogen-bond donors (Lipinski definition) is 2. The van der Waals surface area contributed by atoms with Crippen molar-refractivity contribution in [1.29, 1.82) is 0 Å². The van der Waals surface area contributed by atoms with Crippen LogP contribution in [0.3, 0.4) is 0 Å². The maximum Gasteiger partial charge on any atom is 0.356 e. The number of ether oxygens (including phenoxy) is 1. The van der Waals surface area contributed by atoms with Crippen LogP contribution in [0, 0.1) is 5.82 Å². The summed E-state index contributed by atoms with van der Waals surface area (Å²) < 4.78 is 18.8. The number of carbonyl (C=O) groups is 2. The third-order valence-corrected chi connectivity index (χ3v) is 5.87. The van der Waals surface area contributed by atoms with E-state index in [2.05, 4.69) is 15.2 Å². The van der Waals surface area contributed by atoms with Gasteiger partial charge in [-0.05, 0) is 30.3 Å². The van der Waals surface area contributed by atoms with Crippen molar-refractivity contribution in [2.75, 3.05) is 50.1 Å². The van der Waals surface area contributed by atoms with E-state index in [4.69, 9.17) is 16.3 Å². The van der Waals surface area contributed by atoms with Gasteiger partial charge in [0.15, 0.2) is 0 Å². The monoisotopic (exact) mass is 458 g/mol. The minimum Gasteiger partial charge on any atom is -0.464 e. The van der Waals surface area contributed by atoms with E-state index in [1.807, 2.05) is 11.0 Å². The van der Waals surface area contributed by atoms with E-state index in [9.17, 15) is 14.0 Å². The van der Waals surface area contributed by atoms with Gasteiger partial charge in [-0.15, -0.1) is 0 Å². The van der Waals surface area contributed by atoms with Gasteiger partial charge in [0.25, 0.3) is 0 Å². The topological polar surface area (TPSA) is 77.7 Å². The second kappa shape index (κ2) is 9.58. The number of nitrogens with zero attached hydrogens (tertiary/aromatic N) is 2. The molecule has 0 bridgehead atoms. The molecule has 0 spiro atoms. The van der Waals surface area contributed by atoms with Crippen molar-refractivity contribution in [3.8, 4) is 0 Å². The Kier molecular flexibility index (Phi) is 6.62. The van der Waals surface area contributed by atoms with E-state index >= 15 is 0 Å². The first-order valence-electron chi connectivity index (χ1n) is 10.4. The molecule has 1 aliphatic rings. The summed E-state index contributed by atoms with van der Waals surface area (Å²) in [6.07, 6.45) is 0.257. The average molecular weight is 459 g/mol. The molecule has 2 N–H and O–H groups in total. The number of methoxy groups -OCH3 is 1. The third kappa shape index (κ3) is 4.71. The molecule has 0 radical (unpaired) electrons. The smallest absolute Gasteiger partial charge is 0.356 e. The van der Waals surface area contributed by atoms with Gasteiger partial charge in [0.2, 0.25) is 5.91 Å². The quantitative estimate of drug-likeness (QED) is 0.548. The molecule has 1 fully saturated rings. The second-order valence-electron chi connectivity index (χ2n) is 7.63. The molecule has 9 heteroatoms. The molecule has 168 valence electrons. The summed E-state index contributed by atoms with van der Waals surface area (Å²) in [5.74, 6) is -1.01. The van der Waals surface area contributed by atoms with Gasteiger partial charge in [0.1, 0.15) is 11.5 Å². The number of piperazine rings is 1. The van der Waals surface area contributed by atoms with Crippen LogP contribution in [0.1, 0.15) is 16.9 Å². The summed E-state index contributed by atoms with van der Waals surface area (Å²) in [6.45, 7) is 3.41. The van der Waals surface area contributed by atoms with Gasteiger partial charge in [0.05, 0.1) is 18.5 Å². The standard InChI is InChI=1S/C23H24ClFN4O3/c1-32-23(31)22-21(16-14-15(24)6-7-18(16)26-22)27-20(30)8-9-28-10-12-29(13-11-28)19-5-3-2-4-17(19)25/h2-7,14,26H,8-13H2,1H3,(H,27,30). The van der Waals surface area contributed by atoms with E-state index in [1.54, 1.807) is 30.3 Å². The largest absolute Gasteiger partial charge is 0.464 e. The molecule has 4 rings (SSSR count). The van der Waals surface area contributed by atoms with Gasteiger partial charge >= 0.3 is 5.97 Å². The molecule has 0 aliphatic carbocycles. The van der Waals surface area contributed by atoms with Crippen LogP contribution in [0.2, 0.25) is 5.02 Å². The number of aromatic amines is 1. The van der Waals surface area contributed by atoms with Crippen LogP contribution in [-0.4, -0.2) is 61.6 Å². The summed E-state index contributed by atoms with van der Waals surface area (Å²) in [6, 6.07) is 11.9. The van der Waals surface area contributed by atoms with Crippen molar-refractivity contribution in [1.82, 2.24) is 9.88 Å². The lowest BCUT2D eigenvalue weighted by Crippen LogP contribution is -2.47. The Morgan fingerprint density at radius 1 is 1.16 bits per heavy atom. The Bertz CT molecular complexity index is 1140. The molecule has 32 heavy (non-hydrogen) atoms. The van der Waals surface area contributed by atoms with Crippen molar-refractivity contribution in [3.63, 3.8) is 0 Å². The fraction of sp³-hybridized carbons (Fsp3) is 0.304. The van der Waals surface area contributed by atoms with E-state index in [0.717, 1.165) is 13.1 Å². The van der Waals surface area contributed by atoms with Crippen molar-refractivity contribution in [3.05, 3.63) is 59.0 Å². The molecule has 0 saturated carbocycles. The van der Waals surface area contributed by atoms with Crippen LogP contribution in [0.4, 0.5) is 15.8 Å². The van der Waals surface area contributed by atoms with Crippen molar-refractivity contribution in [2.24, 2.45) is 0 Å². The van der Waals surface area contributed by atoms with Crippen LogP contribution in [0.5, 0.6) is 0 Å². The molecular formula is C23H24ClFN4O3. The van der Waals surface area contributed by atoms with Gasteiger partial charge in [-0.1, -0.05) is 23.7 Å². The zero-order valence-electron chi connectivity index (χ0n) is 17.7. The highest BCUT2D eigenvalue weighted by molar-refractivity contribution is 6.31. The minimum atomic E-state index is -0.572. The number of esters is 1. The summed E-state index contributed by atoms with van der Waals surface area (Å²) in [5.41, 5.74) is 1.83. The molecule has 1 amide bonds. The predicted octanol–water partition coefficient (Wildman–Crippen LogP) is 3.90. The van der Waals surface area contributed by atoms with Crippen LogP contribution < -0.4 is 10.2 Å². The maximum absolute atomic E-state index is 14.0. The number of amides is 1. The van der Waals surface area contributed by atoms with Crippen molar-refractivity contribution in [2.45, 2.75) is 6.42 Å². The molecule has 7 nitrogen and oxygen atoms in total. The lowest BCUT2D eigenvalue weighted by Gasteiger charge is -2.36. The first-order valence-corrected chi connectivity index (χ1v) is 10.8. The van der Waals surface area contributed by atoms with Crippen molar-refractivity contribution < 1.29 is 18.7 Å². The van der Waals surface area contributed by atoms with Crippen LogP contribution in [0.15, 0.2) is 42.5 Å². The SMILES string of the molecule is COC(=O)c1[nH]c2ccc(Cl)cc2c1NC(=O)CCN1CCN(c2ccccc2F)CC1. The average Bonchev–Trinajstić information content (AvgIpc) is 3.15. The lowest BCUT2D eigenvalue weighted by molar-refractivity contribution is -0.116. The van der Waals surface area contributed by atoms with Gasteiger partial charge < -0.3 is 19.9 Å². The molecule has 0 unspecified atom stereocenters.